The third-order valence-electron chi connectivity index (χ3n) is 3.55. The van der Waals surface area contributed by atoms with Gasteiger partial charge in [-0.05, 0) is 42.9 Å². The van der Waals surface area contributed by atoms with E-state index in [1.54, 1.807) is 6.92 Å². The summed E-state index contributed by atoms with van der Waals surface area (Å²) < 4.78 is 5.75. The van der Waals surface area contributed by atoms with Gasteiger partial charge in [-0.2, -0.15) is 0 Å². The lowest BCUT2D eigenvalue weighted by molar-refractivity contribution is -0.141. The highest BCUT2D eigenvalue weighted by Gasteiger charge is 2.26. The lowest BCUT2D eigenvalue weighted by Crippen LogP contribution is -2.18. The Morgan fingerprint density at radius 2 is 2.22 bits per heavy atom. The van der Waals surface area contributed by atoms with Gasteiger partial charge in [0.2, 0.25) is 0 Å². The molecule has 1 aliphatic rings. The Morgan fingerprint density at radius 3 is 2.78 bits per heavy atom. The standard InChI is InChI=1S/C15H20O3/c1-3-14(10(2)15(16)17)11-5-4-6-13(9-11)18-12-7-8-12/h4-6,9-10,12,14H,3,7-8H2,1-2H3,(H,16,17)/t10-,14+/m1/s1. The number of carboxylic acid groups (broad SMARTS) is 1. The Balaban J connectivity index is 2.16. The molecular formula is C15H20O3. The molecular weight excluding hydrogens is 228 g/mol. The zero-order valence-corrected chi connectivity index (χ0v) is 10.9. The minimum Gasteiger partial charge on any atom is -0.490 e. The molecule has 0 aromatic heterocycles. The molecule has 0 bridgehead atoms. The molecule has 3 heteroatoms. The SMILES string of the molecule is CC[C@H](c1cccc(OC2CC2)c1)[C@@H](C)C(=O)O. The molecule has 1 N–H and O–H groups in total. The zero-order valence-electron chi connectivity index (χ0n) is 10.9. The van der Waals surface area contributed by atoms with E-state index < -0.39 is 5.97 Å². The molecule has 1 aromatic rings. The fourth-order valence-electron chi connectivity index (χ4n) is 2.25. The summed E-state index contributed by atoms with van der Waals surface area (Å²) in [5, 5.41) is 9.14. The van der Waals surface area contributed by atoms with Gasteiger partial charge in [0.15, 0.2) is 0 Å². The summed E-state index contributed by atoms with van der Waals surface area (Å²) in [4.78, 5) is 11.1. The molecule has 1 aliphatic carbocycles. The zero-order chi connectivity index (χ0) is 13.1. The summed E-state index contributed by atoms with van der Waals surface area (Å²) in [6, 6.07) is 7.88. The molecule has 0 unspecified atom stereocenters. The van der Waals surface area contributed by atoms with E-state index in [1.807, 2.05) is 31.2 Å². The van der Waals surface area contributed by atoms with E-state index in [0.29, 0.717) is 6.10 Å². The summed E-state index contributed by atoms with van der Waals surface area (Å²) in [7, 11) is 0. The van der Waals surface area contributed by atoms with Crippen LogP contribution in [0.25, 0.3) is 0 Å². The maximum absolute atomic E-state index is 11.1. The van der Waals surface area contributed by atoms with Gasteiger partial charge in [-0.25, -0.2) is 0 Å². The van der Waals surface area contributed by atoms with E-state index >= 15 is 0 Å². The number of carboxylic acids is 1. The van der Waals surface area contributed by atoms with Gasteiger partial charge in [0.05, 0.1) is 12.0 Å². The number of hydrogen-bond acceptors (Lipinski definition) is 2. The predicted molar refractivity (Wildman–Crippen MR) is 69.9 cm³/mol. The van der Waals surface area contributed by atoms with Crippen molar-refractivity contribution in [1.29, 1.82) is 0 Å². The first-order valence-corrected chi connectivity index (χ1v) is 6.61. The first-order valence-electron chi connectivity index (χ1n) is 6.61. The fourth-order valence-corrected chi connectivity index (χ4v) is 2.25. The fraction of sp³-hybridized carbons (Fsp3) is 0.533. The van der Waals surface area contributed by atoms with Gasteiger partial charge in [0, 0.05) is 0 Å². The summed E-state index contributed by atoms with van der Waals surface area (Å²) in [6.07, 6.45) is 3.46. The van der Waals surface area contributed by atoms with Crippen molar-refractivity contribution >= 4 is 5.97 Å². The molecule has 0 radical (unpaired) electrons. The van der Waals surface area contributed by atoms with Gasteiger partial charge in [-0.3, -0.25) is 4.79 Å². The van der Waals surface area contributed by atoms with Crippen molar-refractivity contribution in [2.24, 2.45) is 5.92 Å². The smallest absolute Gasteiger partial charge is 0.306 e. The van der Waals surface area contributed by atoms with Crippen LogP contribution < -0.4 is 4.74 Å². The topological polar surface area (TPSA) is 46.5 Å². The Morgan fingerprint density at radius 1 is 1.50 bits per heavy atom. The second-order valence-electron chi connectivity index (χ2n) is 5.03. The van der Waals surface area contributed by atoms with Crippen LogP contribution in [0.15, 0.2) is 24.3 Å². The first-order chi connectivity index (χ1) is 8.61. The molecule has 1 fully saturated rings. The van der Waals surface area contributed by atoms with Gasteiger partial charge < -0.3 is 9.84 Å². The van der Waals surface area contributed by atoms with Gasteiger partial charge in [-0.15, -0.1) is 0 Å². The summed E-state index contributed by atoms with van der Waals surface area (Å²) in [6.45, 7) is 3.80. The van der Waals surface area contributed by atoms with Crippen LogP contribution in [-0.4, -0.2) is 17.2 Å². The average Bonchev–Trinajstić information content (AvgIpc) is 3.14. The van der Waals surface area contributed by atoms with Gasteiger partial charge in [-0.1, -0.05) is 26.0 Å². The predicted octanol–water partition coefficient (Wildman–Crippen LogP) is 3.44. The molecule has 0 spiro atoms. The van der Waals surface area contributed by atoms with Crippen LogP contribution in [0.1, 0.15) is 44.6 Å². The Bertz CT molecular complexity index is 424. The van der Waals surface area contributed by atoms with Crippen molar-refractivity contribution in [3.8, 4) is 5.75 Å². The summed E-state index contributed by atoms with van der Waals surface area (Å²) in [5.74, 6) is -0.196. The van der Waals surface area contributed by atoms with Crippen molar-refractivity contribution in [2.45, 2.75) is 45.1 Å². The summed E-state index contributed by atoms with van der Waals surface area (Å²) >= 11 is 0. The Labute approximate surface area is 108 Å². The van der Waals surface area contributed by atoms with Crippen LogP contribution in [0.5, 0.6) is 5.75 Å². The molecule has 0 heterocycles. The largest absolute Gasteiger partial charge is 0.490 e. The van der Waals surface area contributed by atoms with Crippen LogP contribution in [-0.2, 0) is 4.79 Å². The van der Waals surface area contributed by atoms with E-state index in [-0.39, 0.29) is 11.8 Å². The number of ether oxygens (including phenoxy) is 1. The Hall–Kier alpha value is -1.51. The number of hydrogen-bond donors (Lipinski definition) is 1. The van der Waals surface area contributed by atoms with Crippen molar-refractivity contribution in [1.82, 2.24) is 0 Å². The van der Waals surface area contributed by atoms with Crippen molar-refractivity contribution < 1.29 is 14.6 Å². The summed E-state index contributed by atoms with van der Waals surface area (Å²) in [5.41, 5.74) is 1.06. The normalized spacial score (nSPS) is 18.1. The second-order valence-corrected chi connectivity index (χ2v) is 5.03. The highest BCUT2D eigenvalue weighted by molar-refractivity contribution is 5.71. The molecule has 1 aromatic carbocycles. The number of carbonyl (C=O) groups is 1. The van der Waals surface area contributed by atoms with E-state index in [0.717, 1.165) is 30.6 Å². The van der Waals surface area contributed by atoms with Gasteiger partial charge in [0.1, 0.15) is 5.75 Å². The number of benzene rings is 1. The molecule has 98 valence electrons. The van der Waals surface area contributed by atoms with E-state index in [9.17, 15) is 4.79 Å². The molecule has 0 saturated heterocycles. The van der Waals surface area contributed by atoms with Crippen LogP contribution in [0, 0.1) is 5.92 Å². The lowest BCUT2D eigenvalue weighted by Gasteiger charge is -2.20. The third-order valence-corrected chi connectivity index (χ3v) is 3.55. The van der Waals surface area contributed by atoms with Crippen LogP contribution >= 0.6 is 0 Å². The molecule has 2 rings (SSSR count). The molecule has 18 heavy (non-hydrogen) atoms. The molecule has 0 amide bonds. The molecule has 2 atom stereocenters. The van der Waals surface area contributed by atoms with Crippen LogP contribution in [0.3, 0.4) is 0 Å². The van der Waals surface area contributed by atoms with E-state index in [4.69, 9.17) is 9.84 Å². The van der Waals surface area contributed by atoms with Crippen LogP contribution in [0.4, 0.5) is 0 Å². The Kier molecular flexibility index (Phi) is 3.90. The van der Waals surface area contributed by atoms with Crippen molar-refractivity contribution in [3.63, 3.8) is 0 Å². The molecule has 3 nitrogen and oxygen atoms in total. The quantitative estimate of drug-likeness (QED) is 0.838. The maximum Gasteiger partial charge on any atom is 0.306 e. The van der Waals surface area contributed by atoms with Crippen LogP contribution in [0.2, 0.25) is 0 Å². The van der Waals surface area contributed by atoms with Gasteiger partial charge in [0.25, 0.3) is 0 Å². The highest BCUT2D eigenvalue weighted by Crippen LogP contribution is 2.32. The van der Waals surface area contributed by atoms with E-state index in [2.05, 4.69) is 0 Å². The number of aliphatic carboxylic acids is 1. The van der Waals surface area contributed by atoms with E-state index in [1.165, 1.54) is 0 Å². The van der Waals surface area contributed by atoms with Crippen molar-refractivity contribution in [2.75, 3.05) is 0 Å². The third kappa shape index (κ3) is 3.03. The maximum atomic E-state index is 11.1. The minimum atomic E-state index is -0.740. The average molecular weight is 248 g/mol. The minimum absolute atomic E-state index is 0.0465. The highest BCUT2D eigenvalue weighted by atomic mass is 16.5. The van der Waals surface area contributed by atoms with Gasteiger partial charge >= 0.3 is 5.97 Å². The lowest BCUT2D eigenvalue weighted by atomic mass is 9.85. The monoisotopic (exact) mass is 248 g/mol. The number of rotatable bonds is 6. The first kappa shape index (κ1) is 12.9. The second kappa shape index (κ2) is 5.42. The molecule has 0 aliphatic heterocycles. The van der Waals surface area contributed by atoms with Crippen molar-refractivity contribution in [3.05, 3.63) is 29.8 Å². The molecule has 1 saturated carbocycles.